The van der Waals surface area contributed by atoms with Crippen LogP contribution in [0.2, 0.25) is 0 Å². The summed E-state index contributed by atoms with van der Waals surface area (Å²) < 4.78 is 0. The van der Waals surface area contributed by atoms with Crippen LogP contribution >= 0.6 is 0 Å². The van der Waals surface area contributed by atoms with Crippen LogP contribution in [-0.4, -0.2) is 6.54 Å². The Labute approximate surface area is 71.4 Å². The highest BCUT2D eigenvalue weighted by atomic mass is 14.5. The van der Waals surface area contributed by atoms with Crippen LogP contribution in [0.1, 0.15) is 51.9 Å². The van der Waals surface area contributed by atoms with Crippen molar-refractivity contribution in [2.24, 2.45) is 5.73 Å². The van der Waals surface area contributed by atoms with Gasteiger partial charge in [-0.15, -0.1) is 0 Å². The molecule has 0 heterocycles. The van der Waals surface area contributed by atoms with E-state index in [2.05, 4.69) is 13.3 Å². The topological polar surface area (TPSA) is 26.0 Å². The quantitative estimate of drug-likeness (QED) is 0.537. The summed E-state index contributed by atoms with van der Waals surface area (Å²) in [6.45, 7) is 3.09. The average molecular weight is 156 g/mol. The second-order valence-electron chi connectivity index (χ2n) is 3.07. The summed E-state index contributed by atoms with van der Waals surface area (Å²) in [5.74, 6) is 0. The maximum atomic E-state index is 5.38. The van der Waals surface area contributed by atoms with E-state index < -0.39 is 0 Å². The molecule has 0 aliphatic heterocycles. The number of rotatable bonds is 8. The van der Waals surface area contributed by atoms with Crippen molar-refractivity contribution in [3.05, 3.63) is 6.42 Å². The summed E-state index contributed by atoms with van der Waals surface area (Å²) in [6.07, 6.45) is 11.5. The van der Waals surface area contributed by atoms with Crippen LogP contribution in [0.25, 0.3) is 0 Å². The van der Waals surface area contributed by atoms with E-state index in [9.17, 15) is 0 Å². The highest BCUT2D eigenvalue weighted by Crippen LogP contribution is 2.06. The monoisotopic (exact) mass is 156 g/mol. The minimum Gasteiger partial charge on any atom is -0.330 e. The first-order chi connectivity index (χ1) is 5.41. The van der Waals surface area contributed by atoms with E-state index in [-0.39, 0.29) is 0 Å². The fourth-order valence-corrected chi connectivity index (χ4v) is 1.10. The summed E-state index contributed by atoms with van der Waals surface area (Å²) in [4.78, 5) is 0. The first kappa shape index (κ1) is 11.0. The predicted molar refractivity (Wildman–Crippen MR) is 51.3 cm³/mol. The van der Waals surface area contributed by atoms with Crippen LogP contribution < -0.4 is 5.73 Å². The number of hydrogen-bond donors (Lipinski definition) is 1. The first-order valence-corrected chi connectivity index (χ1v) is 4.93. The molecule has 0 unspecified atom stereocenters. The molecule has 0 amide bonds. The van der Waals surface area contributed by atoms with Crippen LogP contribution in [0, 0.1) is 6.42 Å². The lowest BCUT2D eigenvalue weighted by atomic mass is 10.1. The molecule has 0 bridgehead atoms. The lowest BCUT2D eigenvalue weighted by Crippen LogP contribution is -1.97. The first-order valence-electron chi connectivity index (χ1n) is 4.93. The number of unbranched alkanes of at least 4 members (excludes halogenated alkanes) is 7. The van der Waals surface area contributed by atoms with Crippen molar-refractivity contribution in [3.63, 3.8) is 0 Å². The standard InChI is InChI=1S/C10H22N/c1-2-3-4-5-6-7-8-9-10-11/h5H,2-4,6-11H2,1H3. The van der Waals surface area contributed by atoms with Crippen LogP contribution in [0.4, 0.5) is 0 Å². The molecule has 0 fully saturated rings. The Morgan fingerprint density at radius 2 is 1.73 bits per heavy atom. The van der Waals surface area contributed by atoms with Crippen LogP contribution in [0.5, 0.6) is 0 Å². The molecule has 11 heavy (non-hydrogen) atoms. The number of nitrogens with two attached hydrogens (primary N) is 1. The molecule has 0 aliphatic rings. The van der Waals surface area contributed by atoms with Gasteiger partial charge in [0.1, 0.15) is 0 Å². The van der Waals surface area contributed by atoms with E-state index in [1.165, 1.54) is 44.9 Å². The van der Waals surface area contributed by atoms with Gasteiger partial charge >= 0.3 is 0 Å². The van der Waals surface area contributed by atoms with Crippen molar-refractivity contribution in [1.29, 1.82) is 0 Å². The van der Waals surface area contributed by atoms with E-state index in [0.29, 0.717) is 0 Å². The summed E-state index contributed by atoms with van der Waals surface area (Å²) in [7, 11) is 0. The van der Waals surface area contributed by atoms with Crippen molar-refractivity contribution in [2.45, 2.75) is 51.9 Å². The molecule has 0 saturated carbocycles. The molecular weight excluding hydrogens is 134 g/mol. The normalized spacial score (nSPS) is 10.4. The Kier molecular flexibility index (Phi) is 9.92. The maximum absolute atomic E-state index is 5.38. The lowest BCUT2D eigenvalue weighted by Gasteiger charge is -1.98. The smallest absolute Gasteiger partial charge is 0.00773 e. The van der Waals surface area contributed by atoms with Gasteiger partial charge in [0, 0.05) is 0 Å². The van der Waals surface area contributed by atoms with Gasteiger partial charge in [0.15, 0.2) is 0 Å². The van der Waals surface area contributed by atoms with E-state index in [0.717, 1.165) is 6.54 Å². The predicted octanol–water partition coefficient (Wildman–Crippen LogP) is 2.90. The maximum Gasteiger partial charge on any atom is -0.00773 e. The summed E-state index contributed by atoms with van der Waals surface area (Å²) >= 11 is 0. The molecular formula is C10H22N. The second kappa shape index (κ2) is 9.96. The van der Waals surface area contributed by atoms with Gasteiger partial charge in [-0.2, -0.15) is 0 Å². The van der Waals surface area contributed by atoms with Gasteiger partial charge in [-0.3, -0.25) is 0 Å². The minimum absolute atomic E-state index is 0.856. The zero-order valence-electron chi connectivity index (χ0n) is 7.81. The van der Waals surface area contributed by atoms with Crippen LogP contribution in [0.15, 0.2) is 0 Å². The van der Waals surface area contributed by atoms with Crippen molar-refractivity contribution in [3.8, 4) is 0 Å². The van der Waals surface area contributed by atoms with Crippen LogP contribution in [-0.2, 0) is 0 Å². The summed E-state index contributed by atoms with van der Waals surface area (Å²) in [6, 6.07) is 0. The highest BCUT2D eigenvalue weighted by Gasteiger charge is 1.89. The average Bonchev–Trinajstić information content (AvgIpc) is 2.03. The van der Waals surface area contributed by atoms with Crippen molar-refractivity contribution >= 4 is 0 Å². The minimum atomic E-state index is 0.856. The Morgan fingerprint density at radius 1 is 1.00 bits per heavy atom. The fraction of sp³-hybridized carbons (Fsp3) is 0.900. The molecule has 67 valence electrons. The molecule has 2 N–H and O–H groups in total. The van der Waals surface area contributed by atoms with Crippen molar-refractivity contribution in [2.75, 3.05) is 6.54 Å². The van der Waals surface area contributed by atoms with Gasteiger partial charge in [-0.05, 0) is 19.4 Å². The third kappa shape index (κ3) is 9.96. The Hall–Kier alpha value is -0.0400. The lowest BCUT2D eigenvalue weighted by molar-refractivity contribution is 0.655. The fourth-order valence-electron chi connectivity index (χ4n) is 1.10. The Morgan fingerprint density at radius 3 is 2.36 bits per heavy atom. The van der Waals surface area contributed by atoms with Crippen molar-refractivity contribution in [1.82, 2.24) is 0 Å². The molecule has 0 rings (SSSR count). The van der Waals surface area contributed by atoms with Gasteiger partial charge in [0.05, 0.1) is 0 Å². The highest BCUT2D eigenvalue weighted by molar-refractivity contribution is 4.63. The zero-order valence-corrected chi connectivity index (χ0v) is 7.81. The molecule has 0 aromatic heterocycles. The Balaban J connectivity index is 2.69. The van der Waals surface area contributed by atoms with Gasteiger partial charge in [0.2, 0.25) is 0 Å². The molecule has 1 heteroatoms. The van der Waals surface area contributed by atoms with Gasteiger partial charge in [-0.25, -0.2) is 0 Å². The molecule has 1 nitrogen and oxygen atoms in total. The SMILES string of the molecule is CCCC[CH]CCCCCN. The number of hydrogen-bond acceptors (Lipinski definition) is 1. The van der Waals surface area contributed by atoms with E-state index in [1.807, 2.05) is 0 Å². The zero-order chi connectivity index (χ0) is 8.36. The van der Waals surface area contributed by atoms with E-state index in [1.54, 1.807) is 0 Å². The van der Waals surface area contributed by atoms with Gasteiger partial charge in [-0.1, -0.05) is 45.4 Å². The molecule has 0 aliphatic carbocycles. The Bertz CT molecular complexity index is 53.9. The van der Waals surface area contributed by atoms with Gasteiger partial charge in [0.25, 0.3) is 0 Å². The third-order valence-electron chi connectivity index (χ3n) is 1.87. The van der Waals surface area contributed by atoms with Gasteiger partial charge < -0.3 is 5.73 Å². The molecule has 0 spiro atoms. The molecule has 0 saturated heterocycles. The molecule has 0 aromatic carbocycles. The van der Waals surface area contributed by atoms with Crippen LogP contribution in [0.3, 0.4) is 0 Å². The molecule has 0 atom stereocenters. The largest absolute Gasteiger partial charge is 0.330 e. The molecule has 0 aromatic rings. The third-order valence-corrected chi connectivity index (χ3v) is 1.87. The van der Waals surface area contributed by atoms with E-state index >= 15 is 0 Å². The molecule has 1 radical (unpaired) electrons. The second-order valence-corrected chi connectivity index (χ2v) is 3.07. The van der Waals surface area contributed by atoms with Crippen molar-refractivity contribution < 1.29 is 0 Å². The van der Waals surface area contributed by atoms with E-state index in [4.69, 9.17) is 5.73 Å². The summed E-state index contributed by atoms with van der Waals surface area (Å²) in [5.41, 5.74) is 5.38. The summed E-state index contributed by atoms with van der Waals surface area (Å²) in [5, 5.41) is 0.